The summed E-state index contributed by atoms with van der Waals surface area (Å²) in [5, 5.41) is 16.5. The largest absolute Gasteiger partial charge is 0.506 e. The van der Waals surface area contributed by atoms with Crippen molar-refractivity contribution in [1.82, 2.24) is 0 Å². The first-order chi connectivity index (χ1) is 20.7. The molecule has 0 aliphatic heterocycles. The zero-order valence-corrected chi connectivity index (χ0v) is 26.5. The number of hydrogen-bond donors (Lipinski definition) is 4. The maximum Gasteiger partial charge on any atom is 0.412 e. The number of halogens is 2. The lowest BCUT2D eigenvalue weighted by molar-refractivity contribution is -0.111. The van der Waals surface area contributed by atoms with E-state index in [1.807, 2.05) is 37.3 Å². The van der Waals surface area contributed by atoms with Gasteiger partial charge in [-0.15, -0.1) is 0 Å². The fourth-order valence-corrected chi connectivity index (χ4v) is 5.48. The third-order valence-corrected chi connectivity index (χ3v) is 7.43. The summed E-state index contributed by atoms with van der Waals surface area (Å²) < 4.78 is 13.4. The summed E-state index contributed by atoms with van der Waals surface area (Å²) in [6, 6.07) is 26.8. The molecule has 222 valence electrons. The van der Waals surface area contributed by atoms with E-state index >= 15 is 0 Å². The highest BCUT2D eigenvalue weighted by Gasteiger charge is 2.32. The predicted octanol–water partition coefficient (Wildman–Crippen LogP) is 8.52. The van der Waals surface area contributed by atoms with E-state index in [4.69, 9.17) is 15.2 Å². The van der Waals surface area contributed by atoms with Crippen LogP contribution in [0.4, 0.5) is 21.9 Å². The molecule has 0 heterocycles. The van der Waals surface area contributed by atoms with Crippen molar-refractivity contribution in [2.45, 2.75) is 32.0 Å². The molecule has 0 aliphatic carbocycles. The van der Waals surface area contributed by atoms with E-state index < -0.39 is 18.3 Å². The van der Waals surface area contributed by atoms with Crippen LogP contribution in [0, 0.1) is 6.92 Å². The van der Waals surface area contributed by atoms with Crippen LogP contribution in [-0.2, 0) is 9.53 Å². The van der Waals surface area contributed by atoms with Gasteiger partial charge in [-0.05, 0) is 90.3 Å². The van der Waals surface area contributed by atoms with Crippen LogP contribution >= 0.6 is 31.9 Å². The number of para-hydroxylation sites is 3. The fourth-order valence-electron chi connectivity index (χ4n) is 4.22. The van der Waals surface area contributed by atoms with Gasteiger partial charge in [-0.25, -0.2) is 4.79 Å². The lowest BCUT2D eigenvalue weighted by Gasteiger charge is -2.29. The van der Waals surface area contributed by atoms with Crippen LogP contribution in [0.15, 0.2) is 112 Å². The number of aromatic hydroxyl groups is 1. The molecule has 43 heavy (non-hydrogen) atoms. The van der Waals surface area contributed by atoms with E-state index in [0.717, 1.165) is 5.56 Å². The number of nitrogens with one attached hydrogen (secondary N) is 2. The van der Waals surface area contributed by atoms with Crippen molar-refractivity contribution in [1.29, 1.82) is 0 Å². The molecule has 0 spiro atoms. The van der Waals surface area contributed by atoms with Gasteiger partial charge < -0.3 is 25.6 Å². The van der Waals surface area contributed by atoms with E-state index in [9.17, 15) is 14.7 Å². The summed E-state index contributed by atoms with van der Waals surface area (Å²) >= 11 is 6.85. The first-order valence-electron chi connectivity index (χ1n) is 13.5. The standard InChI is InChI=1S/C33H31Br2N3O5/c1-21-15-17-23(18-16-21)37-33(41)43-32(25-19-22(34)20-26(35)31(25)40)29(42-24-9-3-2-4-10-24)13-7-8-14-30(39)38-28-12-6-5-11-27(28)36/h2-6,8-12,14-20,29,32,40H,7,13,36H2,1H3,(H,37,41)(H,38,39)/b14-8+/t29-,32-/m1/s1. The van der Waals surface area contributed by atoms with Crippen molar-refractivity contribution in [2.24, 2.45) is 0 Å². The van der Waals surface area contributed by atoms with E-state index in [2.05, 4.69) is 42.5 Å². The molecule has 10 heteroatoms. The summed E-state index contributed by atoms with van der Waals surface area (Å²) in [5.74, 6) is 0.125. The van der Waals surface area contributed by atoms with E-state index in [1.54, 1.807) is 66.7 Å². The molecule has 2 amide bonds. The number of phenolic OH excluding ortho intramolecular Hbond substituents is 1. The Hall–Kier alpha value is -4.28. The highest BCUT2D eigenvalue weighted by molar-refractivity contribution is 9.11. The molecule has 0 aromatic heterocycles. The number of rotatable bonds is 11. The summed E-state index contributed by atoms with van der Waals surface area (Å²) in [6.07, 6.45) is 1.33. The van der Waals surface area contributed by atoms with Gasteiger partial charge in [0.05, 0.1) is 15.8 Å². The number of aryl methyl sites for hydroxylation is 1. The Bertz CT molecular complexity index is 1580. The number of allylic oxidation sites excluding steroid dienone is 1. The van der Waals surface area contributed by atoms with E-state index in [1.165, 1.54) is 6.08 Å². The lowest BCUT2D eigenvalue weighted by Crippen LogP contribution is -2.31. The van der Waals surface area contributed by atoms with Crippen molar-refractivity contribution in [3.8, 4) is 11.5 Å². The summed E-state index contributed by atoms with van der Waals surface area (Å²) in [7, 11) is 0. The average molecular weight is 709 g/mol. The molecule has 2 atom stereocenters. The third kappa shape index (κ3) is 9.36. The second kappa shape index (κ2) is 15.3. The zero-order chi connectivity index (χ0) is 30.8. The minimum atomic E-state index is -1.04. The van der Waals surface area contributed by atoms with Gasteiger partial charge in [-0.3, -0.25) is 10.1 Å². The number of amides is 2. The number of nitrogens with two attached hydrogens (primary N) is 1. The van der Waals surface area contributed by atoms with Crippen molar-refractivity contribution in [3.05, 3.63) is 123 Å². The predicted molar refractivity (Wildman–Crippen MR) is 176 cm³/mol. The summed E-state index contributed by atoms with van der Waals surface area (Å²) in [4.78, 5) is 25.7. The number of hydrogen-bond acceptors (Lipinski definition) is 6. The number of benzene rings is 4. The van der Waals surface area contributed by atoms with Crippen LogP contribution in [-0.4, -0.2) is 23.2 Å². The summed E-state index contributed by atoms with van der Waals surface area (Å²) in [5.41, 5.74) is 8.85. The molecule has 0 radical (unpaired) electrons. The smallest absolute Gasteiger partial charge is 0.412 e. The molecule has 0 saturated heterocycles. The fraction of sp³-hybridized carbons (Fsp3) is 0.152. The highest BCUT2D eigenvalue weighted by atomic mass is 79.9. The molecule has 4 aromatic carbocycles. The molecule has 0 bridgehead atoms. The van der Waals surface area contributed by atoms with Crippen LogP contribution < -0.4 is 21.1 Å². The second-order valence-corrected chi connectivity index (χ2v) is 11.4. The monoisotopic (exact) mass is 707 g/mol. The maximum absolute atomic E-state index is 13.2. The molecule has 4 aromatic rings. The van der Waals surface area contributed by atoms with Gasteiger partial charge in [0, 0.05) is 15.7 Å². The van der Waals surface area contributed by atoms with E-state index in [-0.39, 0.29) is 11.7 Å². The average Bonchev–Trinajstić information content (AvgIpc) is 2.98. The lowest BCUT2D eigenvalue weighted by atomic mass is 9.99. The topological polar surface area (TPSA) is 123 Å². The van der Waals surface area contributed by atoms with Crippen LogP contribution in [0.3, 0.4) is 0 Å². The van der Waals surface area contributed by atoms with Gasteiger partial charge in [-0.2, -0.15) is 0 Å². The number of phenols is 1. The first-order valence-corrected chi connectivity index (χ1v) is 15.0. The maximum atomic E-state index is 13.2. The Morgan fingerprint density at radius 1 is 0.953 bits per heavy atom. The van der Waals surface area contributed by atoms with Crippen molar-refractivity contribution in [3.63, 3.8) is 0 Å². The van der Waals surface area contributed by atoms with Gasteiger partial charge in [0.2, 0.25) is 5.91 Å². The Morgan fingerprint density at radius 3 is 2.37 bits per heavy atom. The SMILES string of the molecule is Cc1ccc(NC(=O)O[C@H](c2cc(Br)cc(Br)c2O)[C@@H](CC/C=C/C(=O)Nc2ccccc2N)Oc2ccccc2)cc1. The van der Waals surface area contributed by atoms with Crippen LogP contribution in [0.1, 0.15) is 30.1 Å². The number of carbonyl (C=O) groups is 2. The molecule has 5 N–H and O–H groups in total. The number of carbonyl (C=O) groups excluding carboxylic acids is 2. The molecule has 0 unspecified atom stereocenters. The molecular weight excluding hydrogens is 678 g/mol. The van der Waals surface area contributed by atoms with E-state index in [0.29, 0.717) is 50.2 Å². The molecule has 4 rings (SSSR count). The summed E-state index contributed by atoms with van der Waals surface area (Å²) in [6.45, 7) is 1.95. The minimum absolute atomic E-state index is 0.0895. The Labute approximate surface area is 267 Å². The van der Waals surface area contributed by atoms with Crippen molar-refractivity contribution >= 4 is 60.9 Å². The molecule has 0 aliphatic rings. The number of ether oxygens (including phenoxy) is 2. The molecule has 0 fully saturated rings. The minimum Gasteiger partial charge on any atom is -0.506 e. The van der Waals surface area contributed by atoms with Crippen LogP contribution in [0.25, 0.3) is 0 Å². The van der Waals surface area contributed by atoms with Gasteiger partial charge in [0.15, 0.2) is 6.10 Å². The quantitative estimate of drug-likeness (QED) is 0.0915. The van der Waals surface area contributed by atoms with Crippen molar-refractivity contribution in [2.75, 3.05) is 16.4 Å². The van der Waals surface area contributed by atoms with Crippen LogP contribution in [0.2, 0.25) is 0 Å². The van der Waals surface area contributed by atoms with Gasteiger partial charge in [0.1, 0.15) is 17.6 Å². The molecular formula is C33H31Br2N3O5. The number of nitrogen functional groups attached to an aromatic ring is 1. The Morgan fingerprint density at radius 2 is 1.65 bits per heavy atom. The first kappa shape index (κ1) is 31.7. The van der Waals surface area contributed by atoms with Gasteiger partial charge in [-0.1, -0.05) is 70.0 Å². The van der Waals surface area contributed by atoms with Gasteiger partial charge >= 0.3 is 6.09 Å². The zero-order valence-electron chi connectivity index (χ0n) is 23.3. The highest BCUT2D eigenvalue weighted by Crippen LogP contribution is 2.40. The van der Waals surface area contributed by atoms with Gasteiger partial charge in [0.25, 0.3) is 0 Å². The molecule has 8 nitrogen and oxygen atoms in total. The normalized spacial score (nSPS) is 12.3. The number of anilines is 3. The van der Waals surface area contributed by atoms with Crippen molar-refractivity contribution < 1.29 is 24.2 Å². The Kier molecular flexibility index (Phi) is 11.2. The van der Waals surface area contributed by atoms with Crippen LogP contribution in [0.5, 0.6) is 11.5 Å². The molecule has 0 saturated carbocycles. The third-order valence-electron chi connectivity index (χ3n) is 6.37. The second-order valence-electron chi connectivity index (χ2n) is 9.67. The Balaban J connectivity index is 1.59.